The first kappa shape index (κ1) is 10.3. The first-order valence-electron chi connectivity index (χ1n) is 3.91. The summed E-state index contributed by atoms with van der Waals surface area (Å²) in [6, 6.07) is 3.60. The Morgan fingerprint density at radius 3 is 2.54 bits per heavy atom. The first-order valence-corrected chi connectivity index (χ1v) is 4.70. The van der Waals surface area contributed by atoms with Crippen LogP contribution in [0.3, 0.4) is 0 Å². The van der Waals surface area contributed by atoms with Crippen molar-refractivity contribution in [3.05, 3.63) is 27.7 Å². The lowest BCUT2D eigenvalue weighted by atomic mass is 10.1. The van der Waals surface area contributed by atoms with E-state index in [1.165, 1.54) is 0 Å². The van der Waals surface area contributed by atoms with E-state index in [1.54, 1.807) is 20.1 Å². The molecule has 0 radical (unpaired) electrons. The molecule has 0 aromatic heterocycles. The maximum atomic E-state index is 11.2. The highest BCUT2D eigenvalue weighted by Gasteiger charge is 2.08. The zero-order valence-electron chi connectivity index (χ0n) is 7.85. The molecule has 0 spiro atoms. The average molecular weight is 243 g/mol. The highest BCUT2D eigenvalue weighted by Crippen LogP contribution is 2.26. The number of hydrogen-bond acceptors (Lipinski definition) is 2. The van der Waals surface area contributed by atoms with Crippen LogP contribution in [0.5, 0.6) is 5.75 Å². The van der Waals surface area contributed by atoms with E-state index in [2.05, 4.69) is 15.9 Å². The van der Waals surface area contributed by atoms with Crippen LogP contribution in [0.2, 0.25) is 0 Å². The SMILES string of the molecule is COc1cc(Br)c(C)c(C(C)=O)c1. The molecule has 0 amide bonds. The van der Waals surface area contributed by atoms with Crippen molar-refractivity contribution in [1.82, 2.24) is 0 Å². The molecule has 0 saturated heterocycles. The molecule has 2 nitrogen and oxygen atoms in total. The molecule has 1 rings (SSSR count). The highest BCUT2D eigenvalue weighted by atomic mass is 79.9. The lowest BCUT2D eigenvalue weighted by Gasteiger charge is -2.07. The van der Waals surface area contributed by atoms with Crippen LogP contribution < -0.4 is 4.74 Å². The Balaban J connectivity index is 3.33. The van der Waals surface area contributed by atoms with E-state index < -0.39 is 0 Å². The van der Waals surface area contributed by atoms with Crippen LogP contribution in [-0.2, 0) is 0 Å². The van der Waals surface area contributed by atoms with Gasteiger partial charge in [0.15, 0.2) is 5.78 Å². The van der Waals surface area contributed by atoms with Gasteiger partial charge in [0.1, 0.15) is 5.75 Å². The van der Waals surface area contributed by atoms with Crippen LogP contribution in [0.25, 0.3) is 0 Å². The Bertz CT molecular complexity index is 345. The van der Waals surface area contributed by atoms with Crippen LogP contribution in [0.15, 0.2) is 16.6 Å². The molecule has 70 valence electrons. The third kappa shape index (κ3) is 2.10. The Hall–Kier alpha value is -0.830. The molecule has 0 fully saturated rings. The quantitative estimate of drug-likeness (QED) is 0.746. The van der Waals surface area contributed by atoms with Gasteiger partial charge in [-0.05, 0) is 31.5 Å². The number of methoxy groups -OCH3 is 1. The summed E-state index contributed by atoms with van der Waals surface area (Å²) < 4.78 is 5.96. The lowest BCUT2D eigenvalue weighted by Crippen LogP contribution is -1.98. The number of Topliss-reactive ketones (excluding diaryl/α,β-unsaturated/α-hetero) is 1. The van der Waals surface area contributed by atoms with Crippen LogP contribution in [-0.4, -0.2) is 12.9 Å². The third-order valence-electron chi connectivity index (χ3n) is 1.93. The van der Waals surface area contributed by atoms with Crippen molar-refractivity contribution in [1.29, 1.82) is 0 Å². The molecule has 0 aliphatic rings. The summed E-state index contributed by atoms with van der Waals surface area (Å²) in [5, 5.41) is 0. The summed E-state index contributed by atoms with van der Waals surface area (Å²) in [4.78, 5) is 11.2. The van der Waals surface area contributed by atoms with Gasteiger partial charge in [-0.1, -0.05) is 15.9 Å². The largest absolute Gasteiger partial charge is 0.497 e. The fourth-order valence-electron chi connectivity index (χ4n) is 1.14. The molecule has 0 unspecified atom stereocenters. The molecule has 0 aliphatic heterocycles. The monoisotopic (exact) mass is 242 g/mol. The van der Waals surface area contributed by atoms with Gasteiger partial charge in [-0.25, -0.2) is 0 Å². The summed E-state index contributed by atoms with van der Waals surface area (Å²) in [5.74, 6) is 0.750. The molecule has 0 N–H and O–H groups in total. The topological polar surface area (TPSA) is 26.3 Å². The number of rotatable bonds is 2. The van der Waals surface area contributed by atoms with Gasteiger partial charge in [0.25, 0.3) is 0 Å². The van der Waals surface area contributed by atoms with Gasteiger partial charge >= 0.3 is 0 Å². The van der Waals surface area contributed by atoms with Crippen molar-refractivity contribution in [2.45, 2.75) is 13.8 Å². The molecule has 0 heterocycles. The number of carbonyl (C=O) groups is 1. The van der Waals surface area contributed by atoms with Gasteiger partial charge in [-0.15, -0.1) is 0 Å². The zero-order valence-corrected chi connectivity index (χ0v) is 9.44. The van der Waals surface area contributed by atoms with Crippen molar-refractivity contribution in [2.24, 2.45) is 0 Å². The van der Waals surface area contributed by atoms with Gasteiger partial charge < -0.3 is 4.74 Å². The predicted octanol–water partition coefficient (Wildman–Crippen LogP) is 2.97. The fraction of sp³-hybridized carbons (Fsp3) is 0.300. The first-order chi connectivity index (χ1) is 6.06. The van der Waals surface area contributed by atoms with Gasteiger partial charge in [-0.3, -0.25) is 4.79 Å². The van der Waals surface area contributed by atoms with Crippen LogP contribution in [0.4, 0.5) is 0 Å². The minimum absolute atomic E-state index is 0.0529. The third-order valence-corrected chi connectivity index (χ3v) is 2.76. The van der Waals surface area contributed by atoms with Crippen molar-refractivity contribution >= 4 is 21.7 Å². The van der Waals surface area contributed by atoms with Gasteiger partial charge in [-0.2, -0.15) is 0 Å². The van der Waals surface area contributed by atoms with E-state index in [0.717, 1.165) is 10.0 Å². The second kappa shape index (κ2) is 3.92. The number of benzene rings is 1. The average Bonchev–Trinajstić information content (AvgIpc) is 2.09. The highest BCUT2D eigenvalue weighted by molar-refractivity contribution is 9.10. The lowest BCUT2D eigenvalue weighted by molar-refractivity contribution is 0.101. The Labute approximate surface area is 86.0 Å². The number of hydrogen-bond donors (Lipinski definition) is 0. The maximum absolute atomic E-state index is 11.2. The summed E-state index contributed by atoms with van der Waals surface area (Å²) in [5.41, 5.74) is 1.65. The predicted molar refractivity (Wildman–Crippen MR) is 55.4 cm³/mol. The summed E-state index contributed by atoms with van der Waals surface area (Å²) >= 11 is 3.37. The Morgan fingerprint density at radius 1 is 1.46 bits per heavy atom. The molecular formula is C10H11BrO2. The molecule has 0 aliphatic carbocycles. The normalized spacial score (nSPS) is 9.85. The number of ether oxygens (including phenoxy) is 1. The molecule has 1 aromatic rings. The zero-order chi connectivity index (χ0) is 10.0. The van der Waals surface area contributed by atoms with E-state index in [0.29, 0.717) is 11.3 Å². The summed E-state index contributed by atoms with van der Waals surface area (Å²) in [6.45, 7) is 3.45. The van der Waals surface area contributed by atoms with E-state index in [9.17, 15) is 4.79 Å². The van der Waals surface area contributed by atoms with Crippen molar-refractivity contribution in [3.8, 4) is 5.75 Å². The van der Waals surface area contributed by atoms with Gasteiger partial charge in [0, 0.05) is 10.0 Å². The maximum Gasteiger partial charge on any atom is 0.160 e. The van der Waals surface area contributed by atoms with Crippen molar-refractivity contribution in [3.63, 3.8) is 0 Å². The van der Waals surface area contributed by atoms with E-state index in [4.69, 9.17) is 4.74 Å². The minimum atomic E-state index is 0.0529. The van der Waals surface area contributed by atoms with Crippen LogP contribution in [0.1, 0.15) is 22.8 Å². The molecule has 3 heteroatoms. The molecule has 1 aromatic carbocycles. The summed E-state index contributed by atoms with van der Waals surface area (Å²) in [7, 11) is 1.58. The number of ketones is 1. The van der Waals surface area contributed by atoms with Crippen LogP contribution in [0, 0.1) is 6.92 Å². The standard InChI is InChI=1S/C10H11BrO2/c1-6-9(7(2)12)4-8(13-3)5-10(6)11/h4-5H,1-3H3. The molecule has 0 bridgehead atoms. The van der Waals surface area contributed by atoms with Gasteiger partial charge in [0.05, 0.1) is 7.11 Å². The Morgan fingerprint density at radius 2 is 2.08 bits per heavy atom. The minimum Gasteiger partial charge on any atom is -0.497 e. The van der Waals surface area contributed by atoms with E-state index in [1.807, 2.05) is 13.0 Å². The molecular weight excluding hydrogens is 232 g/mol. The van der Waals surface area contributed by atoms with Crippen molar-refractivity contribution in [2.75, 3.05) is 7.11 Å². The van der Waals surface area contributed by atoms with Crippen molar-refractivity contribution < 1.29 is 9.53 Å². The fourth-order valence-corrected chi connectivity index (χ4v) is 1.58. The molecule has 0 atom stereocenters. The van der Waals surface area contributed by atoms with Crippen LogP contribution >= 0.6 is 15.9 Å². The van der Waals surface area contributed by atoms with E-state index in [-0.39, 0.29) is 5.78 Å². The second-order valence-electron chi connectivity index (χ2n) is 2.84. The second-order valence-corrected chi connectivity index (χ2v) is 3.69. The van der Waals surface area contributed by atoms with E-state index >= 15 is 0 Å². The molecule has 0 saturated carbocycles. The van der Waals surface area contributed by atoms with Gasteiger partial charge in [0.2, 0.25) is 0 Å². The number of halogens is 1. The molecule has 13 heavy (non-hydrogen) atoms. The number of carbonyl (C=O) groups excluding carboxylic acids is 1. The summed E-state index contributed by atoms with van der Waals surface area (Å²) in [6.07, 6.45) is 0. The smallest absolute Gasteiger partial charge is 0.160 e. The Kier molecular flexibility index (Phi) is 3.09.